The lowest BCUT2D eigenvalue weighted by atomic mass is 10.1. The minimum atomic E-state index is -0.0141. The number of pyridine rings is 1. The van der Waals surface area contributed by atoms with Crippen LogP contribution in [0.5, 0.6) is 0 Å². The van der Waals surface area contributed by atoms with E-state index in [2.05, 4.69) is 16.9 Å². The van der Waals surface area contributed by atoms with Crippen LogP contribution < -0.4 is 5.32 Å². The molecule has 1 aromatic rings. The summed E-state index contributed by atoms with van der Waals surface area (Å²) < 4.78 is 0. The quantitative estimate of drug-likeness (QED) is 0.819. The van der Waals surface area contributed by atoms with E-state index < -0.39 is 0 Å². The highest BCUT2D eigenvalue weighted by molar-refractivity contribution is 6.34. The summed E-state index contributed by atoms with van der Waals surface area (Å²) in [7, 11) is 0. The van der Waals surface area contributed by atoms with E-state index in [0.717, 1.165) is 17.8 Å². The molecule has 1 aromatic heterocycles. The Morgan fingerprint density at radius 2 is 2.27 bits per heavy atom. The second-order valence-electron chi connectivity index (χ2n) is 3.36. The monoisotopic (exact) mass is 244 g/mol. The number of likely N-dealkylation sites (N-methyl/N-ethyl adjacent to an activating group) is 1. The predicted octanol–water partition coefficient (Wildman–Crippen LogP) is 3.62. The summed E-state index contributed by atoms with van der Waals surface area (Å²) in [5, 5.41) is 4.38. The Labute approximate surface area is 100 Å². The second-order valence-corrected chi connectivity index (χ2v) is 4.20. The van der Waals surface area contributed by atoms with Crippen LogP contribution in [0.25, 0.3) is 0 Å². The van der Waals surface area contributed by atoms with Crippen molar-refractivity contribution < 1.29 is 0 Å². The summed E-state index contributed by atoms with van der Waals surface area (Å²) in [6.07, 6.45) is 1.59. The number of rotatable bonds is 4. The Hall–Kier alpha value is -0.570. The van der Waals surface area contributed by atoms with Gasteiger partial charge in [0.2, 0.25) is 0 Å². The molecule has 1 atom stereocenters. The van der Waals surface area contributed by atoms with Gasteiger partial charge < -0.3 is 5.32 Å². The smallest absolute Gasteiger partial charge is 0.0801 e. The van der Waals surface area contributed by atoms with Gasteiger partial charge in [0.1, 0.15) is 0 Å². The Kier molecular flexibility index (Phi) is 4.58. The van der Waals surface area contributed by atoms with Crippen LogP contribution in [0.15, 0.2) is 24.4 Å². The van der Waals surface area contributed by atoms with Gasteiger partial charge in [-0.2, -0.15) is 0 Å². The van der Waals surface area contributed by atoms with Gasteiger partial charge in [-0.3, -0.25) is 4.98 Å². The van der Waals surface area contributed by atoms with E-state index in [9.17, 15) is 0 Å². The van der Waals surface area contributed by atoms with E-state index in [4.69, 9.17) is 23.2 Å². The molecule has 1 heterocycles. The lowest BCUT2D eigenvalue weighted by Crippen LogP contribution is -2.22. The molecule has 0 aliphatic rings. The van der Waals surface area contributed by atoms with E-state index in [1.54, 1.807) is 12.3 Å². The first-order valence-electron chi connectivity index (χ1n) is 4.76. The summed E-state index contributed by atoms with van der Waals surface area (Å²) in [5.74, 6) is 0. The van der Waals surface area contributed by atoms with E-state index in [1.807, 2.05) is 13.8 Å². The average Bonchev–Trinajstić information content (AvgIpc) is 2.15. The molecule has 0 fully saturated rings. The van der Waals surface area contributed by atoms with Gasteiger partial charge in [-0.25, -0.2) is 0 Å². The third kappa shape index (κ3) is 3.20. The van der Waals surface area contributed by atoms with Crippen molar-refractivity contribution in [1.82, 2.24) is 10.3 Å². The molecule has 1 unspecified atom stereocenters. The Bertz CT molecular complexity index is 364. The molecule has 2 nitrogen and oxygen atoms in total. The van der Waals surface area contributed by atoms with Gasteiger partial charge in [0.15, 0.2) is 0 Å². The molecule has 0 radical (unpaired) electrons. The molecular formula is C11H14Cl2N2. The number of aromatic nitrogens is 1. The SMILES string of the molecule is C=C(C)C(NCC)c1ncc(Cl)cc1Cl. The molecule has 1 N–H and O–H groups in total. The van der Waals surface area contributed by atoms with Crippen molar-refractivity contribution in [2.75, 3.05) is 6.54 Å². The van der Waals surface area contributed by atoms with Crippen molar-refractivity contribution in [2.24, 2.45) is 0 Å². The second kappa shape index (κ2) is 5.50. The Balaban J connectivity index is 3.05. The maximum absolute atomic E-state index is 6.08. The van der Waals surface area contributed by atoms with Crippen LogP contribution in [-0.4, -0.2) is 11.5 Å². The summed E-state index contributed by atoms with van der Waals surface area (Å²) in [4.78, 5) is 4.23. The summed E-state index contributed by atoms with van der Waals surface area (Å²) in [5.41, 5.74) is 1.75. The fourth-order valence-electron chi connectivity index (χ4n) is 1.35. The third-order valence-corrected chi connectivity index (χ3v) is 2.52. The molecule has 15 heavy (non-hydrogen) atoms. The van der Waals surface area contributed by atoms with Gasteiger partial charge in [0.05, 0.1) is 21.8 Å². The van der Waals surface area contributed by atoms with Crippen LogP contribution in [0.4, 0.5) is 0 Å². The summed E-state index contributed by atoms with van der Waals surface area (Å²) in [6.45, 7) is 8.72. The lowest BCUT2D eigenvalue weighted by molar-refractivity contribution is 0.607. The maximum Gasteiger partial charge on any atom is 0.0801 e. The standard InChI is InChI=1S/C11H14Cl2N2/c1-4-14-10(7(2)3)11-9(13)5-8(12)6-15-11/h5-6,10,14H,2,4H2,1,3H3. The predicted molar refractivity (Wildman–Crippen MR) is 65.5 cm³/mol. The van der Waals surface area contributed by atoms with Gasteiger partial charge in [0.25, 0.3) is 0 Å². The average molecular weight is 245 g/mol. The molecular weight excluding hydrogens is 231 g/mol. The molecule has 0 spiro atoms. The van der Waals surface area contributed by atoms with E-state index in [0.29, 0.717) is 10.0 Å². The zero-order chi connectivity index (χ0) is 11.4. The molecule has 4 heteroatoms. The molecule has 0 saturated carbocycles. The van der Waals surface area contributed by atoms with Crippen molar-refractivity contribution in [2.45, 2.75) is 19.9 Å². The van der Waals surface area contributed by atoms with Gasteiger partial charge in [0, 0.05) is 6.20 Å². The molecule has 1 rings (SSSR count). The van der Waals surface area contributed by atoms with Crippen molar-refractivity contribution in [1.29, 1.82) is 0 Å². The van der Waals surface area contributed by atoms with Crippen molar-refractivity contribution in [3.8, 4) is 0 Å². The molecule has 0 amide bonds. The van der Waals surface area contributed by atoms with E-state index >= 15 is 0 Å². The molecule has 0 aliphatic heterocycles. The number of nitrogens with zero attached hydrogens (tertiary/aromatic N) is 1. The van der Waals surface area contributed by atoms with Crippen molar-refractivity contribution in [3.63, 3.8) is 0 Å². The minimum Gasteiger partial charge on any atom is -0.305 e. The van der Waals surface area contributed by atoms with Gasteiger partial charge in [-0.1, -0.05) is 42.3 Å². The van der Waals surface area contributed by atoms with E-state index in [-0.39, 0.29) is 6.04 Å². The molecule has 0 saturated heterocycles. The maximum atomic E-state index is 6.08. The number of halogens is 2. The largest absolute Gasteiger partial charge is 0.305 e. The molecule has 82 valence electrons. The fourth-order valence-corrected chi connectivity index (χ4v) is 1.84. The first-order chi connectivity index (χ1) is 7.06. The zero-order valence-electron chi connectivity index (χ0n) is 8.85. The highest BCUT2D eigenvalue weighted by atomic mass is 35.5. The number of hydrogen-bond donors (Lipinski definition) is 1. The Morgan fingerprint density at radius 1 is 1.60 bits per heavy atom. The highest BCUT2D eigenvalue weighted by Gasteiger charge is 2.15. The van der Waals surface area contributed by atoms with Gasteiger partial charge in [-0.05, 0) is 19.5 Å². The minimum absolute atomic E-state index is 0.0141. The first-order valence-corrected chi connectivity index (χ1v) is 5.51. The number of hydrogen-bond acceptors (Lipinski definition) is 2. The van der Waals surface area contributed by atoms with E-state index in [1.165, 1.54) is 0 Å². The number of nitrogens with one attached hydrogen (secondary N) is 1. The lowest BCUT2D eigenvalue weighted by Gasteiger charge is -2.18. The molecule has 0 bridgehead atoms. The van der Waals surface area contributed by atoms with Crippen LogP contribution in [0.3, 0.4) is 0 Å². The van der Waals surface area contributed by atoms with Crippen LogP contribution in [-0.2, 0) is 0 Å². The fraction of sp³-hybridized carbons (Fsp3) is 0.364. The zero-order valence-corrected chi connectivity index (χ0v) is 10.4. The van der Waals surface area contributed by atoms with Crippen molar-refractivity contribution >= 4 is 23.2 Å². The molecule has 0 aliphatic carbocycles. The normalized spacial score (nSPS) is 12.5. The third-order valence-electron chi connectivity index (χ3n) is 2.01. The highest BCUT2D eigenvalue weighted by Crippen LogP contribution is 2.27. The topological polar surface area (TPSA) is 24.9 Å². The summed E-state index contributed by atoms with van der Waals surface area (Å²) in [6, 6.07) is 1.68. The van der Waals surface area contributed by atoms with Crippen LogP contribution in [0.2, 0.25) is 10.0 Å². The molecule has 0 aromatic carbocycles. The van der Waals surface area contributed by atoms with Crippen molar-refractivity contribution in [3.05, 3.63) is 40.2 Å². The van der Waals surface area contributed by atoms with Gasteiger partial charge >= 0.3 is 0 Å². The first kappa shape index (κ1) is 12.5. The van der Waals surface area contributed by atoms with Crippen LogP contribution in [0.1, 0.15) is 25.6 Å². The van der Waals surface area contributed by atoms with Gasteiger partial charge in [-0.15, -0.1) is 0 Å². The van der Waals surface area contributed by atoms with Crippen LogP contribution in [0, 0.1) is 0 Å². The van der Waals surface area contributed by atoms with Crippen LogP contribution >= 0.6 is 23.2 Å². The Morgan fingerprint density at radius 3 is 2.73 bits per heavy atom. The summed E-state index contributed by atoms with van der Waals surface area (Å²) >= 11 is 11.9.